The number of amides is 1. The van der Waals surface area contributed by atoms with Gasteiger partial charge in [0.05, 0.1) is 10.8 Å². The number of hydrogen-bond donors (Lipinski definition) is 0. The topological polar surface area (TPSA) is 102 Å². The predicted octanol–water partition coefficient (Wildman–Crippen LogP) is 3.97. The van der Waals surface area contributed by atoms with Gasteiger partial charge in [0.15, 0.2) is 0 Å². The van der Waals surface area contributed by atoms with Gasteiger partial charge in [-0.2, -0.15) is 4.98 Å². The number of nitro benzene ring substituents is 1. The molecule has 2 heterocycles. The maximum absolute atomic E-state index is 12.9. The minimum Gasteiger partial charge on any atom is -0.339 e. The average Bonchev–Trinajstić information content (AvgIpc) is 3.24. The van der Waals surface area contributed by atoms with Crippen molar-refractivity contribution < 1.29 is 14.2 Å². The highest BCUT2D eigenvalue weighted by Gasteiger charge is 2.30. The number of benzene rings is 2. The van der Waals surface area contributed by atoms with Crippen LogP contribution in [0.5, 0.6) is 0 Å². The second kappa shape index (κ2) is 7.83. The first-order valence-electron chi connectivity index (χ1n) is 9.46. The van der Waals surface area contributed by atoms with Crippen LogP contribution in [0.15, 0.2) is 53.1 Å². The maximum atomic E-state index is 12.9. The van der Waals surface area contributed by atoms with Crippen molar-refractivity contribution in [3.05, 3.63) is 75.7 Å². The van der Waals surface area contributed by atoms with Crippen molar-refractivity contribution in [1.29, 1.82) is 0 Å². The number of likely N-dealkylation sites (tertiary alicyclic amines) is 1. The lowest BCUT2D eigenvalue weighted by Crippen LogP contribution is -2.39. The van der Waals surface area contributed by atoms with E-state index in [2.05, 4.69) is 10.1 Å². The molecule has 0 bridgehead atoms. The number of aryl methyl sites for hydroxylation is 1. The van der Waals surface area contributed by atoms with Crippen molar-refractivity contribution in [1.82, 2.24) is 15.0 Å². The Bertz CT molecular complexity index is 1050. The summed E-state index contributed by atoms with van der Waals surface area (Å²) in [5, 5.41) is 15.2. The van der Waals surface area contributed by atoms with Gasteiger partial charge in [-0.1, -0.05) is 41.6 Å². The molecule has 1 fully saturated rings. The van der Waals surface area contributed by atoms with Crippen LogP contribution < -0.4 is 0 Å². The second-order valence-corrected chi connectivity index (χ2v) is 7.17. The normalized spacial score (nSPS) is 16.6. The zero-order valence-electron chi connectivity index (χ0n) is 15.9. The molecule has 8 heteroatoms. The Kier molecular flexibility index (Phi) is 5.07. The fourth-order valence-corrected chi connectivity index (χ4v) is 3.59. The van der Waals surface area contributed by atoms with Gasteiger partial charge in [0.25, 0.3) is 11.6 Å². The fraction of sp³-hybridized carbons (Fsp3) is 0.286. The molecule has 2 aromatic carbocycles. The van der Waals surface area contributed by atoms with Crippen LogP contribution in [0.1, 0.15) is 40.6 Å². The Labute approximate surface area is 167 Å². The number of rotatable bonds is 4. The van der Waals surface area contributed by atoms with Gasteiger partial charge in [-0.15, -0.1) is 0 Å². The van der Waals surface area contributed by atoms with Crippen molar-refractivity contribution in [3.8, 4) is 11.4 Å². The van der Waals surface area contributed by atoms with Crippen LogP contribution in [0, 0.1) is 17.0 Å². The summed E-state index contributed by atoms with van der Waals surface area (Å²) < 4.78 is 5.47. The maximum Gasteiger partial charge on any atom is 0.273 e. The van der Waals surface area contributed by atoms with Gasteiger partial charge in [0.1, 0.15) is 0 Å². The minimum atomic E-state index is -0.464. The van der Waals surface area contributed by atoms with Crippen molar-refractivity contribution in [2.24, 2.45) is 0 Å². The highest BCUT2D eigenvalue weighted by molar-refractivity contribution is 5.95. The van der Waals surface area contributed by atoms with Gasteiger partial charge in [-0.3, -0.25) is 14.9 Å². The third-order valence-electron chi connectivity index (χ3n) is 5.18. The van der Waals surface area contributed by atoms with Crippen LogP contribution in [0.3, 0.4) is 0 Å². The van der Waals surface area contributed by atoms with E-state index in [1.807, 2.05) is 30.3 Å². The van der Waals surface area contributed by atoms with Crippen molar-refractivity contribution in [2.75, 3.05) is 13.1 Å². The van der Waals surface area contributed by atoms with Crippen LogP contribution >= 0.6 is 0 Å². The molecule has 1 atom stereocenters. The Balaban J connectivity index is 1.52. The summed E-state index contributed by atoms with van der Waals surface area (Å²) in [4.78, 5) is 29.9. The summed E-state index contributed by atoms with van der Waals surface area (Å²) in [6, 6.07) is 14.2. The molecule has 1 amide bonds. The first-order chi connectivity index (χ1) is 14.0. The Morgan fingerprint density at radius 1 is 1.24 bits per heavy atom. The monoisotopic (exact) mass is 392 g/mol. The molecule has 4 rings (SSSR count). The molecule has 1 aromatic heterocycles. The molecule has 8 nitrogen and oxygen atoms in total. The van der Waals surface area contributed by atoms with E-state index >= 15 is 0 Å². The molecule has 1 unspecified atom stereocenters. The second-order valence-electron chi connectivity index (χ2n) is 7.17. The molecule has 3 aromatic rings. The molecule has 0 N–H and O–H groups in total. The zero-order valence-corrected chi connectivity index (χ0v) is 15.9. The molecule has 1 saturated heterocycles. The fourth-order valence-electron chi connectivity index (χ4n) is 3.59. The molecule has 1 aliphatic rings. The summed E-state index contributed by atoms with van der Waals surface area (Å²) in [5.74, 6) is 0.758. The van der Waals surface area contributed by atoms with Gasteiger partial charge in [0, 0.05) is 35.8 Å². The number of nitro groups is 1. The third-order valence-corrected chi connectivity index (χ3v) is 5.18. The van der Waals surface area contributed by atoms with E-state index in [9.17, 15) is 14.9 Å². The van der Waals surface area contributed by atoms with Crippen LogP contribution in [-0.2, 0) is 0 Å². The van der Waals surface area contributed by atoms with Crippen LogP contribution in [0.2, 0.25) is 0 Å². The van der Waals surface area contributed by atoms with Gasteiger partial charge in [-0.05, 0) is 25.8 Å². The predicted molar refractivity (Wildman–Crippen MR) is 105 cm³/mol. The van der Waals surface area contributed by atoms with Gasteiger partial charge in [-0.25, -0.2) is 0 Å². The van der Waals surface area contributed by atoms with Crippen LogP contribution in [0.25, 0.3) is 11.4 Å². The summed E-state index contributed by atoms with van der Waals surface area (Å²) in [7, 11) is 0. The van der Waals surface area contributed by atoms with Crippen LogP contribution in [-0.4, -0.2) is 39.0 Å². The largest absolute Gasteiger partial charge is 0.339 e. The average molecular weight is 392 g/mol. The number of piperidine rings is 1. The summed E-state index contributed by atoms with van der Waals surface area (Å²) in [6.45, 7) is 2.69. The van der Waals surface area contributed by atoms with E-state index in [0.29, 0.717) is 35.9 Å². The van der Waals surface area contributed by atoms with E-state index in [-0.39, 0.29) is 17.5 Å². The number of carbonyl (C=O) groups excluding carboxylic acids is 1. The lowest BCUT2D eigenvalue weighted by atomic mass is 9.97. The molecule has 0 aliphatic carbocycles. The van der Waals surface area contributed by atoms with Gasteiger partial charge < -0.3 is 9.42 Å². The first-order valence-corrected chi connectivity index (χ1v) is 9.46. The van der Waals surface area contributed by atoms with E-state index < -0.39 is 4.92 Å². The number of aromatic nitrogens is 2. The Morgan fingerprint density at radius 2 is 2.03 bits per heavy atom. The lowest BCUT2D eigenvalue weighted by Gasteiger charge is -2.31. The van der Waals surface area contributed by atoms with Crippen LogP contribution in [0.4, 0.5) is 5.69 Å². The molecule has 1 aliphatic heterocycles. The SMILES string of the molecule is Cc1ccc(C(=O)N2CCCC(c3nc(-c4ccccc4)no3)C2)cc1[N+](=O)[O-]. The third kappa shape index (κ3) is 3.87. The summed E-state index contributed by atoms with van der Waals surface area (Å²) in [6.07, 6.45) is 1.64. The standard InChI is InChI=1S/C21H20N4O4/c1-14-9-10-16(12-18(14)25(27)28)21(26)24-11-5-8-17(13-24)20-22-19(23-29-20)15-6-3-2-4-7-15/h2-4,6-7,9-10,12,17H,5,8,11,13H2,1H3. The minimum absolute atomic E-state index is 0.0474. The highest BCUT2D eigenvalue weighted by Crippen LogP contribution is 2.29. The van der Waals surface area contributed by atoms with Crippen molar-refractivity contribution in [3.63, 3.8) is 0 Å². The molecule has 0 spiro atoms. The summed E-state index contributed by atoms with van der Waals surface area (Å²) >= 11 is 0. The zero-order chi connectivity index (χ0) is 20.4. The number of hydrogen-bond acceptors (Lipinski definition) is 6. The van der Waals surface area contributed by atoms with Gasteiger partial charge >= 0.3 is 0 Å². The first kappa shape index (κ1) is 18.8. The smallest absolute Gasteiger partial charge is 0.273 e. The number of carbonyl (C=O) groups is 1. The molecular weight excluding hydrogens is 372 g/mol. The Hall–Kier alpha value is -3.55. The molecular formula is C21H20N4O4. The Morgan fingerprint density at radius 3 is 2.79 bits per heavy atom. The van der Waals surface area contributed by atoms with Crippen molar-refractivity contribution in [2.45, 2.75) is 25.7 Å². The van der Waals surface area contributed by atoms with Crippen molar-refractivity contribution >= 4 is 11.6 Å². The quantitative estimate of drug-likeness (QED) is 0.492. The van der Waals surface area contributed by atoms with E-state index in [1.54, 1.807) is 24.0 Å². The molecule has 148 valence electrons. The molecule has 0 radical (unpaired) electrons. The van der Waals surface area contributed by atoms with E-state index in [4.69, 9.17) is 4.52 Å². The summed E-state index contributed by atoms with van der Waals surface area (Å²) in [5.41, 5.74) is 1.67. The van der Waals surface area contributed by atoms with Gasteiger partial charge in [0.2, 0.25) is 11.7 Å². The lowest BCUT2D eigenvalue weighted by molar-refractivity contribution is -0.385. The molecule has 29 heavy (non-hydrogen) atoms. The van der Waals surface area contributed by atoms with E-state index in [1.165, 1.54) is 6.07 Å². The number of nitrogens with zero attached hydrogens (tertiary/aromatic N) is 4. The van der Waals surface area contributed by atoms with E-state index in [0.717, 1.165) is 18.4 Å². The molecule has 0 saturated carbocycles. The highest BCUT2D eigenvalue weighted by atomic mass is 16.6.